The lowest BCUT2D eigenvalue weighted by atomic mass is 9.58. The summed E-state index contributed by atoms with van der Waals surface area (Å²) in [4.78, 5) is 14.4. The first-order chi connectivity index (χ1) is 12.0. The fourth-order valence-corrected chi connectivity index (χ4v) is 4.02. The highest BCUT2D eigenvalue weighted by Crippen LogP contribution is 2.51. The number of carbonyl (C=O) groups is 1. The van der Waals surface area contributed by atoms with E-state index in [-0.39, 0.29) is 29.8 Å². The molecule has 1 aliphatic carbocycles. The molecule has 140 valence electrons. The van der Waals surface area contributed by atoms with Crippen LogP contribution in [0.5, 0.6) is 0 Å². The Morgan fingerprint density at radius 1 is 1.48 bits per heavy atom. The first kappa shape index (κ1) is 18.4. The predicted octanol–water partition coefficient (Wildman–Crippen LogP) is 1.24. The van der Waals surface area contributed by atoms with Crippen molar-refractivity contribution in [1.29, 1.82) is 0 Å². The Balaban J connectivity index is 1.58. The summed E-state index contributed by atoms with van der Waals surface area (Å²) in [5.74, 6) is 0.603. The van der Waals surface area contributed by atoms with Crippen molar-refractivity contribution in [2.45, 2.75) is 51.7 Å². The molecule has 1 spiro atoms. The zero-order chi connectivity index (χ0) is 18.0. The number of hydrogen-bond acceptors (Lipinski definition) is 6. The minimum absolute atomic E-state index is 0.0164. The molecule has 1 aromatic heterocycles. The van der Waals surface area contributed by atoms with E-state index in [9.17, 15) is 9.90 Å². The van der Waals surface area contributed by atoms with Crippen LogP contribution in [0.15, 0.2) is 10.6 Å². The Kier molecular flexibility index (Phi) is 5.46. The number of nitrogens with zero attached hydrogens (tertiary/aromatic N) is 2. The summed E-state index contributed by atoms with van der Waals surface area (Å²) in [7, 11) is 0. The number of amides is 1. The smallest absolute Gasteiger partial charge is 0.292 e. The first-order valence-corrected chi connectivity index (χ1v) is 9.11. The molecule has 1 amide bonds. The molecule has 2 fully saturated rings. The van der Waals surface area contributed by atoms with Gasteiger partial charge in [-0.1, -0.05) is 19.0 Å². The highest BCUT2D eigenvalue weighted by Gasteiger charge is 2.56. The van der Waals surface area contributed by atoms with Gasteiger partial charge in [-0.3, -0.25) is 4.79 Å². The summed E-state index contributed by atoms with van der Waals surface area (Å²) >= 11 is 0. The van der Waals surface area contributed by atoms with Crippen LogP contribution in [-0.2, 0) is 11.2 Å². The van der Waals surface area contributed by atoms with Crippen LogP contribution in [0.3, 0.4) is 0 Å². The van der Waals surface area contributed by atoms with Gasteiger partial charge in [0.2, 0.25) is 5.76 Å². The van der Waals surface area contributed by atoms with Gasteiger partial charge in [0.05, 0.1) is 31.1 Å². The zero-order valence-electron chi connectivity index (χ0n) is 15.0. The van der Waals surface area contributed by atoms with Crippen molar-refractivity contribution in [3.8, 4) is 0 Å². The number of rotatable bonds is 6. The van der Waals surface area contributed by atoms with Gasteiger partial charge in [-0.2, -0.15) is 0 Å². The molecule has 2 aliphatic rings. The van der Waals surface area contributed by atoms with E-state index < -0.39 is 6.10 Å². The van der Waals surface area contributed by atoms with Crippen LogP contribution in [0.2, 0.25) is 0 Å². The Hall–Kier alpha value is -1.44. The molecule has 0 unspecified atom stereocenters. The van der Waals surface area contributed by atoms with Crippen LogP contribution >= 0.6 is 0 Å². The Morgan fingerprint density at radius 3 is 2.80 bits per heavy atom. The van der Waals surface area contributed by atoms with E-state index in [1.165, 1.54) is 0 Å². The maximum absolute atomic E-state index is 12.6. The molecule has 25 heavy (non-hydrogen) atoms. The van der Waals surface area contributed by atoms with Crippen molar-refractivity contribution >= 4 is 5.91 Å². The van der Waals surface area contributed by atoms with Crippen molar-refractivity contribution in [2.75, 3.05) is 26.3 Å². The number of piperidine rings is 1. The predicted molar refractivity (Wildman–Crippen MR) is 90.1 cm³/mol. The monoisotopic (exact) mass is 352 g/mol. The third kappa shape index (κ3) is 3.59. The van der Waals surface area contributed by atoms with Gasteiger partial charge in [-0.15, -0.1) is 0 Å². The van der Waals surface area contributed by atoms with Crippen molar-refractivity contribution < 1.29 is 24.3 Å². The third-order valence-electron chi connectivity index (χ3n) is 5.52. The molecule has 1 aromatic rings. The molecule has 1 saturated carbocycles. The second kappa shape index (κ2) is 7.43. The van der Waals surface area contributed by atoms with Gasteiger partial charge >= 0.3 is 0 Å². The zero-order valence-corrected chi connectivity index (χ0v) is 15.0. The number of ether oxygens (including phenoxy) is 1. The van der Waals surface area contributed by atoms with E-state index in [0.717, 1.165) is 12.1 Å². The SMILES string of the molecule is CC(C)Cc1cc(C(=O)N2CCC3(CC2)[C@@H](O)C[C@H]3OCCO)on1. The number of carbonyl (C=O) groups excluding carboxylic acids is 1. The minimum Gasteiger partial charge on any atom is -0.394 e. The first-order valence-electron chi connectivity index (χ1n) is 9.11. The maximum atomic E-state index is 12.6. The second-order valence-electron chi connectivity index (χ2n) is 7.64. The fourth-order valence-electron chi connectivity index (χ4n) is 4.02. The van der Waals surface area contributed by atoms with E-state index in [0.29, 0.717) is 44.9 Å². The summed E-state index contributed by atoms with van der Waals surface area (Å²) in [6.07, 6.45) is 2.36. The van der Waals surface area contributed by atoms with E-state index in [4.69, 9.17) is 14.4 Å². The molecule has 1 saturated heterocycles. The number of aromatic nitrogens is 1. The molecule has 2 N–H and O–H groups in total. The molecule has 0 bridgehead atoms. The molecule has 3 rings (SSSR count). The number of hydrogen-bond donors (Lipinski definition) is 2. The Morgan fingerprint density at radius 2 is 2.20 bits per heavy atom. The molecule has 7 heteroatoms. The van der Waals surface area contributed by atoms with Crippen LogP contribution in [0, 0.1) is 11.3 Å². The summed E-state index contributed by atoms with van der Waals surface area (Å²) in [6.45, 7) is 5.60. The van der Waals surface area contributed by atoms with Gasteiger partial charge in [0, 0.05) is 31.0 Å². The van der Waals surface area contributed by atoms with Gasteiger partial charge in [0.1, 0.15) is 0 Å². The highest BCUT2D eigenvalue weighted by atomic mass is 16.5. The summed E-state index contributed by atoms with van der Waals surface area (Å²) in [5.41, 5.74) is 0.523. The number of likely N-dealkylation sites (tertiary alicyclic amines) is 1. The van der Waals surface area contributed by atoms with Gasteiger partial charge in [0.15, 0.2) is 0 Å². The molecule has 2 atom stereocenters. The van der Waals surface area contributed by atoms with E-state index in [2.05, 4.69) is 19.0 Å². The molecule has 0 radical (unpaired) electrons. The number of aliphatic hydroxyl groups excluding tert-OH is 2. The fraction of sp³-hybridized carbons (Fsp3) is 0.778. The standard InChI is InChI=1S/C18H28N2O5/c1-12(2)9-13-10-14(25-19-13)17(23)20-5-3-18(4-6-20)15(22)11-16(18)24-8-7-21/h10,12,15-16,21-22H,3-9,11H2,1-2H3/t15-,16+/m0/s1. The lowest BCUT2D eigenvalue weighted by molar-refractivity contribution is -0.211. The molecule has 7 nitrogen and oxygen atoms in total. The molecular formula is C18H28N2O5. The third-order valence-corrected chi connectivity index (χ3v) is 5.52. The lowest BCUT2D eigenvalue weighted by Crippen LogP contribution is -2.62. The van der Waals surface area contributed by atoms with Crippen LogP contribution in [0.4, 0.5) is 0 Å². The topological polar surface area (TPSA) is 96.0 Å². The van der Waals surface area contributed by atoms with Crippen molar-refractivity contribution in [2.24, 2.45) is 11.3 Å². The largest absolute Gasteiger partial charge is 0.394 e. The summed E-state index contributed by atoms with van der Waals surface area (Å²) < 4.78 is 10.9. The average Bonchev–Trinajstić information content (AvgIpc) is 3.05. The minimum atomic E-state index is -0.392. The summed E-state index contributed by atoms with van der Waals surface area (Å²) in [5, 5.41) is 23.2. The highest BCUT2D eigenvalue weighted by molar-refractivity contribution is 5.91. The summed E-state index contributed by atoms with van der Waals surface area (Å²) in [6, 6.07) is 1.73. The van der Waals surface area contributed by atoms with Gasteiger partial charge < -0.3 is 24.4 Å². The van der Waals surface area contributed by atoms with Crippen molar-refractivity contribution in [3.63, 3.8) is 0 Å². The Labute approximate surface area is 147 Å². The lowest BCUT2D eigenvalue weighted by Gasteiger charge is -2.56. The molecule has 1 aliphatic heterocycles. The van der Waals surface area contributed by atoms with Gasteiger partial charge in [0.25, 0.3) is 5.91 Å². The van der Waals surface area contributed by atoms with Crippen molar-refractivity contribution in [1.82, 2.24) is 10.1 Å². The van der Waals surface area contributed by atoms with Crippen LogP contribution in [-0.4, -0.2) is 64.7 Å². The molecular weight excluding hydrogens is 324 g/mol. The maximum Gasteiger partial charge on any atom is 0.292 e. The van der Waals surface area contributed by atoms with E-state index in [1.807, 2.05) is 0 Å². The normalized spacial score (nSPS) is 25.4. The molecule has 0 aromatic carbocycles. The average molecular weight is 352 g/mol. The van der Waals surface area contributed by atoms with E-state index >= 15 is 0 Å². The van der Waals surface area contributed by atoms with Gasteiger partial charge in [-0.05, 0) is 25.2 Å². The van der Waals surface area contributed by atoms with Crippen LogP contribution < -0.4 is 0 Å². The van der Waals surface area contributed by atoms with E-state index in [1.54, 1.807) is 11.0 Å². The molecule has 2 heterocycles. The van der Waals surface area contributed by atoms with Crippen LogP contribution in [0.25, 0.3) is 0 Å². The second-order valence-corrected chi connectivity index (χ2v) is 7.64. The quantitative estimate of drug-likeness (QED) is 0.800. The van der Waals surface area contributed by atoms with Crippen molar-refractivity contribution in [3.05, 3.63) is 17.5 Å². The van der Waals surface area contributed by atoms with Crippen LogP contribution in [0.1, 0.15) is 49.4 Å². The van der Waals surface area contributed by atoms with Gasteiger partial charge in [-0.25, -0.2) is 0 Å². The Bertz CT molecular complexity index is 592. The number of aliphatic hydroxyl groups is 2.